The van der Waals surface area contributed by atoms with Crippen LogP contribution in [0.4, 0.5) is 0 Å². The van der Waals surface area contributed by atoms with E-state index in [1.807, 2.05) is 0 Å². The summed E-state index contributed by atoms with van der Waals surface area (Å²) in [7, 11) is 0. The van der Waals surface area contributed by atoms with Crippen molar-refractivity contribution < 1.29 is 14.2 Å². The Hall–Kier alpha value is 0.840. The van der Waals surface area contributed by atoms with E-state index >= 15 is 0 Å². The molecular formula is C24H48Br2O3. The van der Waals surface area contributed by atoms with Gasteiger partial charge in [0.2, 0.25) is 0 Å². The first-order valence-electron chi connectivity index (χ1n) is 12.2. The van der Waals surface area contributed by atoms with Crippen LogP contribution in [0.15, 0.2) is 0 Å². The van der Waals surface area contributed by atoms with Crippen molar-refractivity contribution in [2.24, 2.45) is 0 Å². The Bertz CT molecular complexity index is 297. The highest BCUT2D eigenvalue weighted by atomic mass is 79.9. The van der Waals surface area contributed by atoms with Gasteiger partial charge in [0.25, 0.3) is 0 Å². The highest BCUT2D eigenvalue weighted by molar-refractivity contribution is 9.09. The lowest BCUT2D eigenvalue weighted by Crippen LogP contribution is -2.28. The van der Waals surface area contributed by atoms with Gasteiger partial charge < -0.3 is 14.2 Å². The molecule has 0 aliphatic rings. The molecule has 176 valence electrons. The summed E-state index contributed by atoms with van der Waals surface area (Å²) in [5, 5.41) is 0. The molecule has 0 aliphatic carbocycles. The van der Waals surface area contributed by atoms with Crippen LogP contribution >= 0.6 is 31.9 Å². The molecule has 0 aromatic heterocycles. The summed E-state index contributed by atoms with van der Waals surface area (Å²) in [6.45, 7) is 10.5. The number of halogens is 2. The molecule has 0 saturated carbocycles. The number of rotatable bonds is 22. The number of unbranched alkanes of at least 4 members (excludes halogenated alkanes) is 6. The van der Waals surface area contributed by atoms with Gasteiger partial charge in [-0.2, -0.15) is 0 Å². The fourth-order valence-corrected chi connectivity index (χ4v) is 3.82. The first-order valence-corrected chi connectivity index (χ1v) is 14.0. The van der Waals surface area contributed by atoms with Crippen molar-refractivity contribution in [3.05, 3.63) is 0 Å². The fraction of sp³-hybridized carbons (Fsp3) is 1.00. The number of hydrogen-bond donors (Lipinski definition) is 0. The summed E-state index contributed by atoms with van der Waals surface area (Å²) >= 11 is 7.30. The van der Waals surface area contributed by atoms with Crippen molar-refractivity contribution in [3.63, 3.8) is 0 Å². The second-order valence-corrected chi connectivity index (χ2v) is 11.4. The van der Waals surface area contributed by atoms with Crippen molar-refractivity contribution in [1.82, 2.24) is 0 Å². The van der Waals surface area contributed by atoms with Crippen molar-refractivity contribution in [2.45, 2.75) is 140 Å². The first-order chi connectivity index (χ1) is 14.0. The van der Waals surface area contributed by atoms with Crippen molar-refractivity contribution in [2.75, 3.05) is 13.2 Å². The molecule has 0 spiro atoms. The highest BCUT2D eigenvalue weighted by Crippen LogP contribution is 2.19. The summed E-state index contributed by atoms with van der Waals surface area (Å²) in [5.74, 6) is 0. The average molecular weight is 544 g/mol. The van der Waals surface area contributed by atoms with E-state index in [1.54, 1.807) is 0 Å². The zero-order valence-corrected chi connectivity index (χ0v) is 22.8. The van der Waals surface area contributed by atoms with E-state index in [9.17, 15) is 0 Å². The SMILES string of the molecule is CCCCCCOC(CCCC(C)Br)OC(CCCC(C)Br)OCCCCCC. The average Bonchev–Trinajstić information content (AvgIpc) is 2.66. The maximum atomic E-state index is 6.35. The van der Waals surface area contributed by atoms with Crippen LogP contribution in [-0.2, 0) is 14.2 Å². The molecule has 0 aromatic carbocycles. The molecule has 5 heteroatoms. The molecule has 0 aromatic rings. The molecule has 4 atom stereocenters. The van der Waals surface area contributed by atoms with Gasteiger partial charge in [-0.25, -0.2) is 0 Å². The van der Waals surface area contributed by atoms with Gasteiger partial charge in [0, 0.05) is 22.9 Å². The van der Waals surface area contributed by atoms with Gasteiger partial charge in [0.05, 0.1) is 0 Å². The third-order valence-electron chi connectivity index (χ3n) is 4.99. The lowest BCUT2D eigenvalue weighted by atomic mass is 10.2. The van der Waals surface area contributed by atoms with E-state index in [0.717, 1.165) is 64.6 Å². The minimum Gasteiger partial charge on any atom is -0.353 e. The van der Waals surface area contributed by atoms with Crippen LogP contribution in [0.25, 0.3) is 0 Å². The zero-order valence-electron chi connectivity index (χ0n) is 19.6. The quantitative estimate of drug-likeness (QED) is 0.0775. The topological polar surface area (TPSA) is 27.7 Å². The van der Waals surface area contributed by atoms with E-state index in [-0.39, 0.29) is 12.6 Å². The van der Waals surface area contributed by atoms with Crippen molar-refractivity contribution in [1.29, 1.82) is 0 Å². The Balaban J connectivity index is 4.54. The van der Waals surface area contributed by atoms with Crippen LogP contribution in [0, 0.1) is 0 Å². The minimum atomic E-state index is -0.148. The third-order valence-corrected chi connectivity index (χ3v) is 5.91. The van der Waals surface area contributed by atoms with Gasteiger partial charge in [-0.05, 0) is 51.4 Å². The standard InChI is InChI=1S/C24H48Br2O3/c1-5-7-9-11-19-27-23(17-13-15-21(3)25)29-24(18-14-16-22(4)26)28-20-12-10-8-6-2/h21-24H,5-20H2,1-4H3. The highest BCUT2D eigenvalue weighted by Gasteiger charge is 2.18. The van der Waals surface area contributed by atoms with E-state index in [2.05, 4.69) is 59.6 Å². The van der Waals surface area contributed by atoms with Gasteiger partial charge in [-0.1, -0.05) is 98.1 Å². The van der Waals surface area contributed by atoms with Crippen LogP contribution in [0.2, 0.25) is 0 Å². The Morgan fingerprint density at radius 2 is 0.966 bits per heavy atom. The number of hydrogen-bond acceptors (Lipinski definition) is 3. The summed E-state index contributed by atoms with van der Waals surface area (Å²) in [6, 6.07) is 0. The van der Waals surface area contributed by atoms with Crippen LogP contribution in [0.1, 0.15) is 118 Å². The molecule has 0 fully saturated rings. The lowest BCUT2D eigenvalue weighted by Gasteiger charge is -2.26. The number of ether oxygens (including phenoxy) is 3. The zero-order chi connectivity index (χ0) is 21.7. The van der Waals surface area contributed by atoms with Gasteiger partial charge >= 0.3 is 0 Å². The largest absolute Gasteiger partial charge is 0.353 e. The van der Waals surface area contributed by atoms with Crippen LogP contribution in [0.5, 0.6) is 0 Å². The molecule has 0 saturated heterocycles. The molecule has 0 N–H and O–H groups in total. The van der Waals surface area contributed by atoms with E-state index in [1.165, 1.54) is 38.5 Å². The molecule has 0 aliphatic heterocycles. The molecule has 0 radical (unpaired) electrons. The fourth-order valence-electron chi connectivity index (χ4n) is 3.17. The van der Waals surface area contributed by atoms with Crippen LogP contribution < -0.4 is 0 Å². The van der Waals surface area contributed by atoms with E-state index < -0.39 is 0 Å². The van der Waals surface area contributed by atoms with Crippen LogP contribution in [0.3, 0.4) is 0 Å². The number of alkyl halides is 2. The smallest absolute Gasteiger partial charge is 0.160 e. The molecule has 3 nitrogen and oxygen atoms in total. The van der Waals surface area contributed by atoms with E-state index in [4.69, 9.17) is 14.2 Å². The first kappa shape index (κ1) is 29.8. The maximum Gasteiger partial charge on any atom is 0.160 e. The van der Waals surface area contributed by atoms with Gasteiger partial charge in [0.15, 0.2) is 12.6 Å². The predicted molar refractivity (Wildman–Crippen MR) is 133 cm³/mol. The van der Waals surface area contributed by atoms with Crippen LogP contribution in [-0.4, -0.2) is 35.4 Å². The normalized spacial score (nSPS) is 15.9. The molecule has 4 unspecified atom stereocenters. The Kier molecular flexibility index (Phi) is 22.7. The minimum absolute atomic E-state index is 0.148. The summed E-state index contributed by atoms with van der Waals surface area (Å²) in [6.07, 6.45) is 15.9. The summed E-state index contributed by atoms with van der Waals surface area (Å²) in [5.41, 5.74) is 0. The second kappa shape index (κ2) is 22.0. The predicted octanol–water partition coefficient (Wildman–Crippen LogP) is 8.76. The molecular weight excluding hydrogens is 496 g/mol. The van der Waals surface area contributed by atoms with Crippen molar-refractivity contribution >= 4 is 31.9 Å². The Morgan fingerprint density at radius 1 is 0.552 bits per heavy atom. The maximum absolute atomic E-state index is 6.35. The van der Waals surface area contributed by atoms with Gasteiger partial charge in [0.1, 0.15) is 0 Å². The third kappa shape index (κ3) is 21.8. The van der Waals surface area contributed by atoms with Gasteiger partial charge in [-0.3, -0.25) is 0 Å². The van der Waals surface area contributed by atoms with E-state index in [0.29, 0.717) is 9.65 Å². The second-order valence-electron chi connectivity index (χ2n) is 8.28. The molecule has 0 amide bonds. The molecule has 0 rings (SSSR count). The summed E-state index contributed by atoms with van der Waals surface area (Å²) in [4.78, 5) is 1.08. The Morgan fingerprint density at radius 3 is 1.31 bits per heavy atom. The molecule has 0 bridgehead atoms. The Labute approximate surface area is 198 Å². The molecule has 29 heavy (non-hydrogen) atoms. The van der Waals surface area contributed by atoms with Gasteiger partial charge in [-0.15, -0.1) is 0 Å². The molecule has 0 heterocycles. The van der Waals surface area contributed by atoms with Crippen molar-refractivity contribution in [3.8, 4) is 0 Å². The summed E-state index contributed by atoms with van der Waals surface area (Å²) < 4.78 is 18.6. The lowest BCUT2D eigenvalue weighted by molar-refractivity contribution is -0.250. The monoisotopic (exact) mass is 542 g/mol.